The molecule has 0 fully saturated rings. The topological polar surface area (TPSA) is 58.7 Å². The minimum absolute atomic E-state index is 0.124. The Morgan fingerprint density at radius 1 is 1.44 bits per heavy atom. The van der Waals surface area contributed by atoms with E-state index in [1.807, 2.05) is 0 Å². The molecule has 4 nitrogen and oxygen atoms in total. The molecule has 1 unspecified atom stereocenters. The number of halogens is 2. The summed E-state index contributed by atoms with van der Waals surface area (Å²) in [6, 6.07) is 1.61. The van der Waals surface area contributed by atoms with E-state index in [4.69, 9.17) is 12.2 Å². The minimum atomic E-state index is -1.09. The lowest BCUT2D eigenvalue weighted by atomic mass is 10.0. The normalized spacial score (nSPS) is 18.7. The van der Waals surface area contributed by atoms with Gasteiger partial charge in [-0.25, -0.2) is 13.6 Å². The molecule has 0 bridgehead atoms. The third-order valence-corrected chi connectivity index (χ3v) is 2.60. The van der Waals surface area contributed by atoms with Crippen LogP contribution in [0.1, 0.15) is 11.6 Å². The first-order valence-electron chi connectivity index (χ1n) is 5.08. The summed E-state index contributed by atoms with van der Waals surface area (Å²) in [4.78, 5) is 16.0. The molecule has 2 rings (SSSR count). The van der Waals surface area contributed by atoms with Gasteiger partial charge in [0.05, 0.1) is 12.1 Å². The Hall–Kier alpha value is -2.42. The third-order valence-electron chi connectivity index (χ3n) is 2.60. The van der Waals surface area contributed by atoms with Crippen molar-refractivity contribution in [3.8, 4) is 12.3 Å². The molecule has 1 aliphatic rings. The van der Waals surface area contributed by atoms with Gasteiger partial charge in [-0.3, -0.25) is 4.90 Å². The predicted molar refractivity (Wildman–Crippen MR) is 61.7 cm³/mol. The highest BCUT2D eigenvalue weighted by Gasteiger charge is 2.37. The van der Waals surface area contributed by atoms with Gasteiger partial charge in [0.15, 0.2) is 0 Å². The van der Waals surface area contributed by atoms with E-state index in [9.17, 15) is 13.6 Å². The summed E-state index contributed by atoms with van der Waals surface area (Å²) in [5, 5.41) is 0. The van der Waals surface area contributed by atoms with Crippen LogP contribution in [-0.2, 0) is 0 Å². The summed E-state index contributed by atoms with van der Waals surface area (Å²) in [6.07, 6.45) is 5.11. The second-order valence-electron chi connectivity index (χ2n) is 3.69. The van der Waals surface area contributed by atoms with Crippen LogP contribution in [0.25, 0.3) is 0 Å². The van der Waals surface area contributed by atoms with E-state index in [-0.39, 0.29) is 17.9 Å². The molecule has 1 aliphatic heterocycles. The van der Waals surface area contributed by atoms with Gasteiger partial charge in [-0.05, 0) is 12.1 Å². The molecule has 0 aromatic heterocycles. The van der Waals surface area contributed by atoms with Crippen molar-refractivity contribution in [2.45, 2.75) is 6.04 Å². The Balaban J connectivity index is 2.52. The van der Waals surface area contributed by atoms with Crippen molar-refractivity contribution >= 4 is 11.9 Å². The van der Waals surface area contributed by atoms with Crippen molar-refractivity contribution < 1.29 is 13.6 Å². The number of nitrogens with zero attached hydrogens (tertiary/aromatic N) is 2. The number of hydrogen-bond acceptors (Lipinski definition) is 2. The standard InChI is InChI=1S/C12H9F2N3O/c1-2-6-17-10(11(15)16-12(17)18)9-7(13)4-3-5-8(9)14/h1,3-5,10H,6H2,(H2,15,16,18). The quantitative estimate of drug-likeness (QED) is 0.806. The van der Waals surface area contributed by atoms with Crippen LogP contribution in [0.15, 0.2) is 23.2 Å². The van der Waals surface area contributed by atoms with Gasteiger partial charge < -0.3 is 5.73 Å². The molecule has 1 aromatic carbocycles. The lowest BCUT2D eigenvalue weighted by Gasteiger charge is -2.23. The number of rotatable bonds is 2. The van der Waals surface area contributed by atoms with Gasteiger partial charge in [0.2, 0.25) is 0 Å². The van der Waals surface area contributed by atoms with Crippen LogP contribution in [0.3, 0.4) is 0 Å². The lowest BCUT2D eigenvalue weighted by Crippen LogP contribution is -2.34. The Kier molecular flexibility index (Phi) is 2.98. The number of benzene rings is 1. The van der Waals surface area contributed by atoms with E-state index in [1.165, 1.54) is 6.07 Å². The van der Waals surface area contributed by atoms with Gasteiger partial charge in [-0.15, -0.1) is 6.42 Å². The number of nitrogens with two attached hydrogens (primary N) is 1. The van der Waals surface area contributed by atoms with Gasteiger partial charge in [0, 0.05) is 0 Å². The van der Waals surface area contributed by atoms with Crippen molar-refractivity contribution in [2.24, 2.45) is 10.7 Å². The van der Waals surface area contributed by atoms with Gasteiger partial charge in [-0.1, -0.05) is 12.0 Å². The fourth-order valence-corrected chi connectivity index (χ4v) is 1.84. The lowest BCUT2D eigenvalue weighted by molar-refractivity contribution is 0.212. The number of aliphatic imine (C=N–C) groups is 1. The molecule has 0 aliphatic carbocycles. The Labute approximate surface area is 102 Å². The van der Waals surface area contributed by atoms with Crippen LogP contribution in [0.5, 0.6) is 0 Å². The number of carbonyl (C=O) groups is 1. The van der Waals surface area contributed by atoms with Crippen LogP contribution >= 0.6 is 0 Å². The second-order valence-corrected chi connectivity index (χ2v) is 3.69. The summed E-state index contributed by atoms with van der Waals surface area (Å²) >= 11 is 0. The number of carbonyl (C=O) groups excluding carboxylic acids is 1. The number of urea groups is 1. The zero-order valence-corrected chi connectivity index (χ0v) is 9.23. The SMILES string of the molecule is C#CCN1C(=O)N=C(N)C1c1c(F)cccc1F. The molecule has 6 heteroatoms. The molecule has 0 spiro atoms. The molecular formula is C12H9F2N3O. The molecule has 1 heterocycles. The van der Waals surface area contributed by atoms with Crippen molar-refractivity contribution in [1.29, 1.82) is 0 Å². The van der Waals surface area contributed by atoms with Crippen LogP contribution in [-0.4, -0.2) is 23.3 Å². The van der Waals surface area contributed by atoms with Gasteiger partial charge >= 0.3 is 6.03 Å². The van der Waals surface area contributed by atoms with Crippen molar-refractivity contribution in [3.63, 3.8) is 0 Å². The maximum atomic E-state index is 13.7. The smallest absolute Gasteiger partial charge is 0.346 e. The largest absolute Gasteiger partial charge is 0.385 e. The van der Waals surface area contributed by atoms with E-state index in [0.717, 1.165) is 17.0 Å². The average molecular weight is 249 g/mol. The van der Waals surface area contributed by atoms with Gasteiger partial charge in [0.1, 0.15) is 23.5 Å². The summed E-state index contributed by atoms with van der Waals surface area (Å²) < 4.78 is 27.4. The monoisotopic (exact) mass is 249 g/mol. The molecule has 1 aromatic rings. The molecule has 2 N–H and O–H groups in total. The van der Waals surface area contributed by atoms with Crippen molar-refractivity contribution in [3.05, 3.63) is 35.4 Å². The second kappa shape index (κ2) is 4.45. The van der Waals surface area contributed by atoms with Crippen LogP contribution in [0.4, 0.5) is 13.6 Å². The van der Waals surface area contributed by atoms with Crippen LogP contribution in [0.2, 0.25) is 0 Å². The zero-order chi connectivity index (χ0) is 13.3. The molecule has 92 valence electrons. The summed E-state index contributed by atoms with van der Waals surface area (Å²) in [7, 11) is 0. The molecule has 0 saturated heterocycles. The van der Waals surface area contributed by atoms with E-state index in [1.54, 1.807) is 0 Å². The Morgan fingerprint density at radius 3 is 2.61 bits per heavy atom. The summed E-state index contributed by atoms with van der Waals surface area (Å²) in [6.45, 7) is -0.124. The maximum absolute atomic E-state index is 13.7. The number of amides is 2. The zero-order valence-electron chi connectivity index (χ0n) is 9.23. The highest BCUT2D eigenvalue weighted by molar-refractivity contribution is 6.03. The number of hydrogen-bond donors (Lipinski definition) is 1. The van der Waals surface area contributed by atoms with Crippen LogP contribution < -0.4 is 5.73 Å². The van der Waals surface area contributed by atoms with E-state index >= 15 is 0 Å². The molecule has 2 amide bonds. The van der Waals surface area contributed by atoms with Crippen molar-refractivity contribution in [2.75, 3.05) is 6.54 Å². The maximum Gasteiger partial charge on any atom is 0.346 e. The average Bonchev–Trinajstić information content (AvgIpc) is 2.56. The molecular weight excluding hydrogens is 240 g/mol. The van der Waals surface area contributed by atoms with Crippen LogP contribution in [0, 0.1) is 24.0 Å². The molecule has 0 saturated carbocycles. The van der Waals surface area contributed by atoms with Gasteiger partial charge in [0.25, 0.3) is 0 Å². The molecule has 1 atom stereocenters. The summed E-state index contributed by atoms with van der Waals surface area (Å²) in [5.41, 5.74) is 5.23. The van der Waals surface area contributed by atoms with E-state index < -0.39 is 23.7 Å². The first-order chi connectivity index (χ1) is 8.56. The fraction of sp³-hybridized carbons (Fsp3) is 0.167. The van der Waals surface area contributed by atoms with E-state index in [2.05, 4.69) is 10.9 Å². The Morgan fingerprint density at radius 2 is 2.06 bits per heavy atom. The first kappa shape index (κ1) is 12.0. The molecule has 18 heavy (non-hydrogen) atoms. The third kappa shape index (κ3) is 1.80. The predicted octanol–water partition coefficient (Wildman–Crippen LogP) is 1.43. The first-order valence-corrected chi connectivity index (χ1v) is 5.08. The Bertz CT molecular complexity index is 557. The number of amidine groups is 1. The number of terminal acetylenes is 1. The molecule has 0 radical (unpaired) electrons. The highest BCUT2D eigenvalue weighted by atomic mass is 19.1. The summed E-state index contributed by atoms with van der Waals surface area (Å²) in [5.74, 6) is 0.470. The van der Waals surface area contributed by atoms with Crippen molar-refractivity contribution in [1.82, 2.24) is 4.90 Å². The highest BCUT2D eigenvalue weighted by Crippen LogP contribution is 2.30. The minimum Gasteiger partial charge on any atom is -0.385 e. The fourth-order valence-electron chi connectivity index (χ4n) is 1.84. The van der Waals surface area contributed by atoms with E-state index in [0.29, 0.717) is 0 Å². The van der Waals surface area contributed by atoms with Gasteiger partial charge in [-0.2, -0.15) is 4.99 Å².